The Kier molecular flexibility index (Phi) is 3.23. The molecule has 1 atom stereocenters. The molecule has 2 heterocycles. The zero-order valence-corrected chi connectivity index (χ0v) is 9.19. The Morgan fingerprint density at radius 3 is 2.53 bits per heavy atom. The van der Waals surface area contributed by atoms with E-state index in [1.54, 1.807) is 0 Å². The smallest absolute Gasteiger partial charge is 0.239 e. The van der Waals surface area contributed by atoms with Crippen LogP contribution in [0.25, 0.3) is 0 Å². The van der Waals surface area contributed by atoms with E-state index in [2.05, 4.69) is 4.90 Å². The predicted molar refractivity (Wildman–Crippen MR) is 56.4 cm³/mol. The molecule has 2 rings (SSSR count). The molecule has 0 aromatic carbocycles. The molecule has 0 bridgehead atoms. The van der Waals surface area contributed by atoms with E-state index in [9.17, 15) is 4.79 Å². The van der Waals surface area contributed by atoms with E-state index >= 15 is 0 Å². The van der Waals surface area contributed by atoms with Gasteiger partial charge in [0, 0.05) is 32.2 Å². The van der Waals surface area contributed by atoms with Crippen molar-refractivity contribution in [1.29, 1.82) is 0 Å². The van der Waals surface area contributed by atoms with Gasteiger partial charge < -0.3 is 15.4 Å². The van der Waals surface area contributed by atoms with Gasteiger partial charge in [-0.25, -0.2) is 0 Å². The van der Waals surface area contributed by atoms with Crippen LogP contribution in [0.1, 0.15) is 6.92 Å². The largest absolute Gasteiger partial charge is 0.378 e. The first-order valence-corrected chi connectivity index (χ1v) is 5.54. The number of ether oxygens (including phenoxy) is 1. The monoisotopic (exact) mass is 213 g/mol. The van der Waals surface area contributed by atoms with E-state index in [0.29, 0.717) is 13.2 Å². The molecule has 0 radical (unpaired) electrons. The summed E-state index contributed by atoms with van der Waals surface area (Å²) in [4.78, 5) is 16.0. The summed E-state index contributed by atoms with van der Waals surface area (Å²) in [5.74, 6) is 0.213. The Labute approximate surface area is 90.1 Å². The first kappa shape index (κ1) is 10.9. The van der Waals surface area contributed by atoms with Gasteiger partial charge in [-0.1, -0.05) is 0 Å². The van der Waals surface area contributed by atoms with Gasteiger partial charge in [-0.15, -0.1) is 0 Å². The summed E-state index contributed by atoms with van der Waals surface area (Å²) in [6.45, 7) is 6.43. The molecule has 0 aromatic heterocycles. The predicted octanol–water partition coefficient (Wildman–Crippen LogP) is -1.12. The average Bonchev–Trinajstić information content (AvgIpc) is 2.24. The molecule has 1 amide bonds. The van der Waals surface area contributed by atoms with E-state index in [1.807, 2.05) is 11.8 Å². The quantitative estimate of drug-likeness (QED) is 0.631. The van der Waals surface area contributed by atoms with Crippen LogP contribution in [0.3, 0.4) is 0 Å². The van der Waals surface area contributed by atoms with E-state index in [1.165, 1.54) is 0 Å². The van der Waals surface area contributed by atoms with Crippen molar-refractivity contribution < 1.29 is 9.53 Å². The molecule has 0 spiro atoms. The lowest BCUT2D eigenvalue weighted by Gasteiger charge is -2.42. The molecule has 5 nitrogen and oxygen atoms in total. The summed E-state index contributed by atoms with van der Waals surface area (Å²) in [5, 5.41) is 0. The highest BCUT2D eigenvalue weighted by Crippen LogP contribution is 2.13. The van der Waals surface area contributed by atoms with Crippen LogP contribution in [0, 0.1) is 0 Å². The highest BCUT2D eigenvalue weighted by Gasteiger charge is 2.33. The zero-order chi connectivity index (χ0) is 10.8. The second-order valence-corrected chi connectivity index (χ2v) is 4.33. The molecule has 2 aliphatic heterocycles. The number of hydrogen-bond donors (Lipinski definition) is 1. The van der Waals surface area contributed by atoms with Crippen LogP contribution in [0.15, 0.2) is 0 Å². The molecule has 2 saturated heterocycles. The minimum absolute atomic E-state index is 0.0251. The van der Waals surface area contributed by atoms with Gasteiger partial charge in [0.25, 0.3) is 0 Å². The lowest BCUT2D eigenvalue weighted by molar-refractivity contribution is -0.142. The summed E-state index contributed by atoms with van der Waals surface area (Å²) in [7, 11) is 0. The molecule has 1 unspecified atom stereocenters. The second-order valence-electron chi connectivity index (χ2n) is 4.33. The number of nitrogens with zero attached hydrogens (tertiary/aromatic N) is 2. The van der Waals surface area contributed by atoms with Crippen LogP contribution < -0.4 is 5.73 Å². The summed E-state index contributed by atoms with van der Waals surface area (Å²) >= 11 is 0. The van der Waals surface area contributed by atoms with Gasteiger partial charge in [-0.2, -0.15) is 0 Å². The Balaban J connectivity index is 1.83. The Morgan fingerprint density at radius 1 is 1.40 bits per heavy atom. The second kappa shape index (κ2) is 4.47. The molecule has 0 aliphatic carbocycles. The van der Waals surface area contributed by atoms with Gasteiger partial charge in [0.1, 0.15) is 0 Å². The normalized spacial score (nSPS) is 26.1. The number of carbonyl (C=O) groups excluding carboxylic acids is 1. The van der Waals surface area contributed by atoms with Crippen molar-refractivity contribution in [3.8, 4) is 0 Å². The van der Waals surface area contributed by atoms with Crippen LogP contribution >= 0.6 is 0 Å². The van der Waals surface area contributed by atoms with Crippen molar-refractivity contribution in [2.24, 2.45) is 5.73 Å². The van der Waals surface area contributed by atoms with Crippen molar-refractivity contribution in [1.82, 2.24) is 9.80 Å². The van der Waals surface area contributed by atoms with Gasteiger partial charge in [-0.3, -0.25) is 9.69 Å². The Hall–Kier alpha value is -0.650. The lowest BCUT2D eigenvalue weighted by atomic mass is 10.1. The summed E-state index contributed by atoms with van der Waals surface area (Å²) in [6.07, 6.45) is 0. The van der Waals surface area contributed by atoms with Gasteiger partial charge in [-0.05, 0) is 6.92 Å². The maximum Gasteiger partial charge on any atom is 0.239 e. The van der Waals surface area contributed by atoms with Crippen LogP contribution in [0.5, 0.6) is 0 Å². The number of rotatable bonds is 2. The molecule has 2 N–H and O–H groups in total. The number of carbonyl (C=O) groups is 1. The van der Waals surface area contributed by atoms with Crippen LogP contribution in [0.2, 0.25) is 0 Å². The molecule has 0 aromatic rings. The van der Waals surface area contributed by atoms with Gasteiger partial charge in [0.15, 0.2) is 0 Å². The molecular formula is C10H19N3O2. The fourth-order valence-corrected chi connectivity index (χ4v) is 2.07. The highest BCUT2D eigenvalue weighted by atomic mass is 16.5. The van der Waals surface area contributed by atoms with Gasteiger partial charge >= 0.3 is 0 Å². The van der Waals surface area contributed by atoms with E-state index in [-0.39, 0.29) is 18.0 Å². The standard InChI is InChI=1S/C10H19N3O2/c1-8(13-6-9(11)7-13)10(14)12-2-4-15-5-3-12/h8-9H,2-7,11H2,1H3. The lowest BCUT2D eigenvalue weighted by Crippen LogP contribution is -2.62. The maximum atomic E-state index is 12.0. The van der Waals surface area contributed by atoms with E-state index in [4.69, 9.17) is 10.5 Å². The average molecular weight is 213 g/mol. The minimum atomic E-state index is -0.0251. The molecule has 86 valence electrons. The van der Waals surface area contributed by atoms with Crippen molar-refractivity contribution in [2.45, 2.75) is 19.0 Å². The fraction of sp³-hybridized carbons (Fsp3) is 0.900. The molecule has 2 fully saturated rings. The van der Waals surface area contributed by atoms with E-state index in [0.717, 1.165) is 26.2 Å². The Bertz CT molecular complexity index is 235. The van der Waals surface area contributed by atoms with Crippen LogP contribution in [-0.4, -0.2) is 67.2 Å². The van der Waals surface area contributed by atoms with Crippen molar-refractivity contribution in [2.75, 3.05) is 39.4 Å². The molecule has 2 aliphatic rings. The maximum absolute atomic E-state index is 12.0. The third-order valence-electron chi connectivity index (χ3n) is 3.17. The SMILES string of the molecule is CC(C(=O)N1CCOCC1)N1CC(N)C1. The van der Waals surface area contributed by atoms with Gasteiger partial charge in [0.05, 0.1) is 19.3 Å². The van der Waals surface area contributed by atoms with Crippen molar-refractivity contribution in [3.05, 3.63) is 0 Å². The summed E-state index contributed by atoms with van der Waals surface area (Å²) < 4.78 is 5.22. The number of nitrogens with two attached hydrogens (primary N) is 1. The first-order chi connectivity index (χ1) is 7.18. The number of likely N-dealkylation sites (tertiary alicyclic amines) is 1. The molecule has 5 heteroatoms. The van der Waals surface area contributed by atoms with Crippen molar-refractivity contribution in [3.63, 3.8) is 0 Å². The topological polar surface area (TPSA) is 58.8 Å². The van der Waals surface area contributed by atoms with Crippen LogP contribution in [-0.2, 0) is 9.53 Å². The molecule has 15 heavy (non-hydrogen) atoms. The van der Waals surface area contributed by atoms with Gasteiger partial charge in [0.2, 0.25) is 5.91 Å². The molecular weight excluding hydrogens is 194 g/mol. The minimum Gasteiger partial charge on any atom is -0.378 e. The fourth-order valence-electron chi connectivity index (χ4n) is 2.07. The first-order valence-electron chi connectivity index (χ1n) is 5.54. The van der Waals surface area contributed by atoms with Crippen molar-refractivity contribution >= 4 is 5.91 Å². The summed E-state index contributed by atoms with van der Waals surface area (Å²) in [5.41, 5.74) is 5.70. The zero-order valence-electron chi connectivity index (χ0n) is 9.19. The third-order valence-corrected chi connectivity index (χ3v) is 3.17. The Morgan fingerprint density at radius 2 is 2.00 bits per heavy atom. The summed E-state index contributed by atoms with van der Waals surface area (Å²) in [6, 6.07) is 0.229. The van der Waals surface area contributed by atoms with Crippen LogP contribution in [0.4, 0.5) is 0 Å². The third kappa shape index (κ3) is 2.30. The number of hydrogen-bond acceptors (Lipinski definition) is 4. The molecule has 0 saturated carbocycles. The number of morpholine rings is 1. The highest BCUT2D eigenvalue weighted by molar-refractivity contribution is 5.81. The van der Waals surface area contributed by atoms with E-state index < -0.39 is 0 Å². The number of amides is 1.